The van der Waals surface area contributed by atoms with E-state index in [1.807, 2.05) is 0 Å². The Morgan fingerprint density at radius 2 is 1.50 bits per heavy atom. The van der Waals surface area contributed by atoms with Gasteiger partial charge in [0.1, 0.15) is 0 Å². The Labute approximate surface area is 103 Å². The molecule has 0 aromatic rings. The Kier molecular flexibility index (Phi) is 8.46. The van der Waals surface area contributed by atoms with Crippen molar-refractivity contribution in [2.45, 2.75) is 84.5 Å². The van der Waals surface area contributed by atoms with Crippen LogP contribution in [0, 0.1) is 0 Å². The smallest absolute Gasteiger partial charge is 0.0927 e. The van der Waals surface area contributed by atoms with Crippen LogP contribution in [0.4, 0.5) is 0 Å². The first-order chi connectivity index (χ1) is 7.49. The first-order valence-corrected chi connectivity index (χ1v) is 9.10. The predicted octanol–water partition coefficient (Wildman–Crippen LogP) is 5.53. The zero-order valence-corrected chi connectivity index (χ0v) is 12.9. The molecule has 0 aliphatic heterocycles. The molecular weight excluding hydrogens is 215 g/mol. The molecule has 1 nitrogen and oxygen atoms in total. The highest BCUT2D eigenvalue weighted by Crippen LogP contribution is 2.56. The van der Waals surface area contributed by atoms with E-state index in [9.17, 15) is 4.57 Å². The lowest BCUT2D eigenvalue weighted by Gasteiger charge is -2.27. The van der Waals surface area contributed by atoms with E-state index in [-0.39, 0.29) is 0 Å². The topological polar surface area (TPSA) is 17.1 Å². The van der Waals surface area contributed by atoms with Crippen molar-refractivity contribution in [3.05, 3.63) is 0 Å². The molecule has 0 fully saturated rings. The molecule has 0 aromatic carbocycles. The van der Waals surface area contributed by atoms with Crippen molar-refractivity contribution in [2.24, 2.45) is 0 Å². The fraction of sp³-hybridized carbons (Fsp3) is 1.00. The lowest BCUT2D eigenvalue weighted by atomic mass is 10.2. The fourth-order valence-electron chi connectivity index (χ4n) is 2.26. The van der Waals surface area contributed by atoms with Crippen LogP contribution >= 0.6 is 7.14 Å². The molecule has 0 saturated carbocycles. The molecule has 16 heavy (non-hydrogen) atoms. The molecule has 0 N–H and O–H groups in total. The van der Waals surface area contributed by atoms with Gasteiger partial charge in [-0.3, -0.25) is 0 Å². The van der Waals surface area contributed by atoms with Crippen molar-refractivity contribution in [1.29, 1.82) is 0 Å². The Morgan fingerprint density at radius 1 is 0.938 bits per heavy atom. The van der Waals surface area contributed by atoms with Gasteiger partial charge in [-0.05, 0) is 12.8 Å². The molecule has 0 aliphatic carbocycles. The molecule has 2 heteroatoms. The van der Waals surface area contributed by atoms with Gasteiger partial charge in [0.25, 0.3) is 0 Å². The van der Waals surface area contributed by atoms with Crippen LogP contribution in [0.3, 0.4) is 0 Å². The molecule has 0 aromatic heterocycles. The number of unbranched alkanes of at least 4 members (excludes halogenated alkanes) is 4. The molecule has 0 bridgehead atoms. The SMILES string of the molecule is CCCCCCC[P@@](=O)(C(C)C)[C@@H](C)CC. The molecule has 0 amide bonds. The van der Waals surface area contributed by atoms with E-state index < -0.39 is 7.14 Å². The van der Waals surface area contributed by atoms with E-state index in [0.29, 0.717) is 11.3 Å². The quantitative estimate of drug-likeness (QED) is 0.386. The third-order valence-electron chi connectivity index (χ3n) is 3.82. The first-order valence-electron chi connectivity index (χ1n) is 7.07. The first kappa shape index (κ1) is 16.2. The Bertz CT molecular complexity index is 211. The second-order valence-electron chi connectivity index (χ2n) is 5.34. The maximum atomic E-state index is 12.9. The van der Waals surface area contributed by atoms with Gasteiger partial charge in [-0.1, -0.05) is 60.3 Å². The highest BCUT2D eigenvalue weighted by Gasteiger charge is 2.30. The van der Waals surface area contributed by atoms with Crippen LogP contribution < -0.4 is 0 Å². The third-order valence-corrected chi connectivity index (χ3v) is 8.44. The molecule has 0 unspecified atom stereocenters. The summed E-state index contributed by atoms with van der Waals surface area (Å²) in [4.78, 5) is 0. The number of rotatable bonds is 9. The molecule has 2 atom stereocenters. The summed E-state index contributed by atoms with van der Waals surface area (Å²) in [6.07, 6.45) is 8.40. The molecule has 0 rings (SSSR count). The van der Waals surface area contributed by atoms with Gasteiger partial charge in [-0.2, -0.15) is 0 Å². The minimum atomic E-state index is -1.93. The summed E-state index contributed by atoms with van der Waals surface area (Å²) in [5.41, 5.74) is 0.785. The van der Waals surface area contributed by atoms with E-state index in [2.05, 4.69) is 34.6 Å². The summed E-state index contributed by atoms with van der Waals surface area (Å²) in [5, 5.41) is 0. The van der Waals surface area contributed by atoms with E-state index in [0.717, 1.165) is 12.6 Å². The second kappa shape index (κ2) is 8.34. The van der Waals surface area contributed by atoms with Gasteiger partial charge >= 0.3 is 0 Å². The summed E-state index contributed by atoms with van der Waals surface area (Å²) < 4.78 is 12.9. The molecule has 0 heterocycles. The standard InChI is InChI=1S/C14H31OP/c1-6-8-9-10-11-12-16(15,13(3)4)14(5)7-2/h13-14H,6-12H2,1-5H3/t14-,16+/m0/s1. The summed E-state index contributed by atoms with van der Waals surface area (Å²) in [6.45, 7) is 10.8. The Morgan fingerprint density at radius 3 is 1.94 bits per heavy atom. The van der Waals surface area contributed by atoms with E-state index >= 15 is 0 Å². The average molecular weight is 246 g/mol. The largest absolute Gasteiger partial charge is 0.323 e. The molecule has 0 spiro atoms. The predicted molar refractivity (Wildman–Crippen MR) is 76.1 cm³/mol. The van der Waals surface area contributed by atoms with Gasteiger partial charge in [0.15, 0.2) is 0 Å². The van der Waals surface area contributed by atoms with Crippen LogP contribution in [0.25, 0.3) is 0 Å². The van der Waals surface area contributed by atoms with E-state index in [1.54, 1.807) is 0 Å². The Hall–Kier alpha value is 0.230. The number of hydrogen-bond donors (Lipinski definition) is 0. The maximum absolute atomic E-state index is 12.9. The lowest BCUT2D eigenvalue weighted by Crippen LogP contribution is -2.13. The van der Waals surface area contributed by atoms with Crippen LogP contribution in [0.1, 0.15) is 73.1 Å². The normalized spacial score (nSPS) is 17.4. The van der Waals surface area contributed by atoms with Gasteiger partial charge in [0.05, 0.1) is 7.14 Å². The molecule has 0 saturated heterocycles. The van der Waals surface area contributed by atoms with Crippen molar-refractivity contribution in [1.82, 2.24) is 0 Å². The molecule has 0 radical (unpaired) electrons. The van der Waals surface area contributed by atoms with Gasteiger partial charge in [0, 0.05) is 17.5 Å². The van der Waals surface area contributed by atoms with Gasteiger partial charge < -0.3 is 4.57 Å². The summed E-state index contributed by atoms with van der Waals surface area (Å²) in [6, 6.07) is 0. The minimum Gasteiger partial charge on any atom is -0.323 e. The van der Waals surface area contributed by atoms with Crippen molar-refractivity contribution in [2.75, 3.05) is 6.16 Å². The molecule has 98 valence electrons. The van der Waals surface area contributed by atoms with Crippen molar-refractivity contribution < 1.29 is 4.57 Å². The molecular formula is C14H31OP. The van der Waals surface area contributed by atoms with Gasteiger partial charge in [-0.15, -0.1) is 0 Å². The van der Waals surface area contributed by atoms with Crippen LogP contribution in [0.5, 0.6) is 0 Å². The lowest BCUT2D eigenvalue weighted by molar-refractivity contribution is 0.551. The zero-order chi connectivity index (χ0) is 12.6. The zero-order valence-electron chi connectivity index (χ0n) is 12.0. The van der Waals surface area contributed by atoms with E-state index in [1.165, 1.54) is 32.1 Å². The van der Waals surface area contributed by atoms with Gasteiger partial charge in [-0.25, -0.2) is 0 Å². The maximum Gasteiger partial charge on any atom is 0.0927 e. The monoisotopic (exact) mass is 246 g/mol. The highest BCUT2D eigenvalue weighted by molar-refractivity contribution is 7.65. The Balaban J connectivity index is 4.09. The van der Waals surface area contributed by atoms with Crippen LogP contribution in [0.15, 0.2) is 0 Å². The third kappa shape index (κ3) is 5.04. The van der Waals surface area contributed by atoms with Crippen molar-refractivity contribution >= 4 is 7.14 Å². The minimum absolute atomic E-state index is 0.369. The second-order valence-corrected chi connectivity index (χ2v) is 9.41. The van der Waals surface area contributed by atoms with Gasteiger partial charge in [0.2, 0.25) is 0 Å². The summed E-state index contributed by atoms with van der Waals surface area (Å²) in [5.74, 6) is 0. The van der Waals surface area contributed by atoms with Crippen molar-refractivity contribution in [3.63, 3.8) is 0 Å². The van der Waals surface area contributed by atoms with Crippen LogP contribution in [-0.4, -0.2) is 17.5 Å². The van der Waals surface area contributed by atoms with Crippen molar-refractivity contribution in [3.8, 4) is 0 Å². The molecule has 0 aliphatic rings. The summed E-state index contributed by atoms with van der Waals surface area (Å²) in [7, 11) is -1.93. The highest BCUT2D eigenvalue weighted by atomic mass is 31.2. The van der Waals surface area contributed by atoms with E-state index in [4.69, 9.17) is 0 Å². The van der Waals surface area contributed by atoms with Crippen LogP contribution in [-0.2, 0) is 4.57 Å². The summed E-state index contributed by atoms with van der Waals surface area (Å²) >= 11 is 0. The van der Waals surface area contributed by atoms with Crippen LogP contribution in [0.2, 0.25) is 0 Å². The number of hydrogen-bond acceptors (Lipinski definition) is 1. The fourth-order valence-corrected chi connectivity index (χ4v) is 5.57. The average Bonchev–Trinajstić information content (AvgIpc) is 2.27.